The predicted octanol–water partition coefficient (Wildman–Crippen LogP) is 6.36. The van der Waals surface area contributed by atoms with Crippen LogP contribution in [0.2, 0.25) is 0 Å². The number of hydrogen-bond donors (Lipinski definition) is 4. The molecule has 0 saturated carbocycles. The SMILES string of the molecule is COc1cc2c(c(OC)c1OC)-c1ccc(N[C@@H](CC(C)C)C(=O)N[C@H]3CCCc4c3[nH]c3ccccc43)c(=O)cc1[C@@H](NC(C)=O)CC2. The number of carbonyl (C=O) groups is 2. The Morgan fingerprint density at radius 2 is 1.69 bits per heavy atom. The number of para-hydroxylation sites is 1. The maximum absolute atomic E-state index is 14.0. The third-order valence-corrected chi connectivity index (χ3v) is 9.70. The first-order valence-corrected chi connectivity index (χ1v) is 17.1. The van der Waals surface area contributed by atoms with E-state index in [1.807, 2.05) is 24.3 Å². The Morgan fingerprint density at radius 3 is 2.41 bits per heavy atom. The van der Waals surface area contributed by atoms with Gasteiger partial charge in [-0.1, -0.05) is 38.1 Å². The van der Waals surface area contributed by atoms with Crippen molar-refractivity contribution in [2.75, 3.05) is 26.6 Å². The van der Waals surface area contributed by atoms with Crippen molar-refractivity contribution in [3.8, 4) is 28.4 Å². The summed E-state index contributed by atoms with van der Waals surface area (Å²) in [6.07, 6.45) is 4.46. The zero-order valence-electron chi connectivity index (χ0n) is 29.1. The van der Waals surface area contributed by atoms with Crippen LogP contribution in [0, 0.1) is 5.92 Å². The Hall–Kier alpha value is -4.99. The number of fused-ring (bicyclic) bond motifs is 6. The van der Waals surface area contributed by atoms with E-state index in [9.17, 15) is 14.4 Å². The van der Waals surface area contributed by atoms with E-state index in [4.69, 9.17) is 14.2 Å². The first-order chi connectivity index (χ1) is 23.6. The van der Waals surface area contributed by atoms with E-state index in [-0.39, 0.29) is 29.2 Å². The van der Waals surface area contributed by atoms with Crippen LogP contribution in [0.15, 0.2) is 53.3 Å². The van der Waals surface area contributed by atoms with Crippen molar-refractivity contribution in [1.82, 2.24) is 15.6 Å². The highest BCUT2D eigenvalue weighted by Crippen LogP contribution is 2.50. The Morgan fingerprint density at radius 1 is 0.918 bits per heavy atom. The summed E-state index contributed by atoms with van der Waals surface area (Å²) in [6, 6.07) is 14.1. The summed E-state index contributed by atoms with van der Waals surface area (Å²) in [7, 11) is 4.70. The molecule has 2 amide bonds. The lowest BCUT2D eigenvalue weighted by Crippen LogP contribution is -2.43. The molecule has 10 nitrogen and oxygen atoms in total. The Kier molecular flexibility index (Phi) is 9.85. The number of rotatable bonds is 10. The Labute approximate surface area is 286 Å². The molecule has 2 aliphatic carbocycles. The van der Waals surface area contributed by atoms with Gasteiger partial charge in [0.25, 0.3) is 0 Å². The van der Waals surface area contributed by atoms with Gasteiger partial charge in [-0.05, 0) is 91.0 Å². The molecule has 0 aliphatic heterocycles. The summed E-state index contributed by atoms with van der Waals surface area (Å²) in [6.45, 7) is 5.59. The number of anilines is 1. The van der Waals surface area contributed by atoms with Gasteiger partial charge in [-0.2, -0.15) is 0 Å². The maximum atomic E-state index is 14.0. The van der Waals surface area contributed by atoms with Crippen LogP contribution in [0.4, 0.5) is 5.69 Å². The number of hydrogen-bond acceptors (Lipinski definition) is 7. The number of methoxy groups -OCH3 is 3. The molecular weight excluding hydrogens is 620 g/mol. The molecule has 0 radical (unpaired) electrons. The summed E-state index contributed by atoms with van der Waals surface area (Å²) in [5, 5.41) is 10.9. The number of aryl methyl sites for hydroxylation is 2. The van der Waals surface area contributed by atoms with Gasteiger partial charge in [-0.25, -0.2) is 0 Å². The fraction of sp³-hybridized carbons (Fsp3) is 0.410. The molecule has 4 N–H and O–H groups in total. The van der Waals surface area contributed by atoms with E-state index in [0.717, 1.165) is 47.2 Å². The fourth-order valence-corrected chi connectivity index (χ4v) is 7.55. The third-order valence-electron chi connectivity index (χ3n) is 9.70. The molecule has 0 saturated heterocycles. The summed E-state index contributed by atoms with van der Waals surface area (Å²) < 4.78 is 17.3. The molecule has 0 bridgehead atoms. The summed E-state index contributed by atoms with van der Waals surface area (Å²) in [5.41, 5.74) is 6.52. The summed E-state index contributed by atoms with van der Waals surface area (Å²) in [4.78, 5) is 44.0. The van der Waals surface area contributed by atoms with Crippen LogP contribution >= 0.6 is 0 Å². The molecule has 3 aromatic carbocycles. The molecule has 1 aromatic heterocycles. The highest BCUT2D eigenvalue weighted by atomic mass is 16.5. The van der Waals surface area contributed by atoms with Crippen molar-refractivity contribution in [2.24, 2.45) is 5.92 Å². The van der Waals surface area contributed by atoms with Gasteiger partial charge in [-0.3, -0.25) is 14.4 Å². The smallest absolute Gasteiger partial charge is 0.243 e. The molecule has 10 heteroatoms. The largest absolute Gasteiger partial charge is 0.493 e. The number of amides is 2. The van der Waals surface area contributed by atoms with E-state index < -0.39 is 12.1 Å². The van der Waals surface area contributed by atoms with Crippen LogP contribution in [-0.2, 0) is 22.4 Å². The number of carbonyl (C=O) groups excluding carboxylic acids is 2. The number of benzene rings is 2. The van der Waals surface area contributed by atoms with Crippen molar-refractivity contribution >= 4 is 28.4 Å². The lowest BCUT2D eigenvalue weighted by Gasteiger charge is -2.27. The first kappa shape index (κ1) is 33.9. The van der Waals surface area contributed by atoms with Crippen molar-refractivity contribution in [3.63, 3.8) is 0 Å². The lowest BCUT2D eigenvalue weighted by molar-refractivity contribution is -0.123. The van der Waals surface area contributed by atoms with Gasteiger partial charge in [0.15, 0.2) is 11.5 Å². The number of aromatic amines is 1. The van der Waals surface area contributed by atoms with Crippen LogP contribution in [0.25, 0.3) is 22.0 Å². The second-order valence-electron chi connectivity index (χ2n) is 13.4. The minimum absolute atomic E-state index is 0.149. The number of aromatic nitrogens is 1. The van der Waals surface area contributed by atoms with Gasteiger partial charge in [0.1, 0.15) is 6.04 Å². The summed E-state index contributed by atoms with van der Waals surface area (Å²) in [5.74, 6) is 1.29. The van der Waals surface area contributed by atoms with Crippen LogP contribution in [0.3, 0.4) is 0 Å². The second kappa shape index (κ2) is 14.2. The third kappa shape index (κ3) is 6.69. The Bertz CT molecular complexity index is 1950. The van der Waals surface area contributed by atoms with E-state index in [2.05, 4.69) is 46.9 Å². The van der Waals surface area contributed by atoms with Crippen molar-refractivity contribution < 1.29 is 23.8 Å². The molecular formula is C39H46N4O6. The van der Waals surface area contributed by atoms with E-state index in [0.29, 0.717) is 47.8 Å². The average molecular weight is 667 g/mol. The number of nitrogens with one attached hydrogen (secondary N) is 4. The molecule has 2 aliphatic rings. The normalized spacial score (nSPS) is 17.2. The highest BCUT2D eigenvalue weighted by molar-refractivity contribution is 5.88. The monoisotopic (exact) mass is 666 g/mol. The summed E-state index contributed by atoms with van der Waals surface area (Å²) >= 11 is 0. The standard InChI is InChI=1S/C39H46N4O6/c1-21(2)18-32(39(46)43-31-13-9-11-26-24-10-7-8-12-28(24)42-36(26)31)41-30-17-15-25-27(20-33(30)45)29(40-22(3)44)16-14-23-19-34(47-4)37(48-5)38(49-6)35(23)25/h7-8,10,12,15,17,19-21,29,31-32,42H,9,11,13-14,16,18H2,1-6H3,(H,40,44)(H,41,45)(H,43,46)/t29-,31-,32-/m0/s1. The average Bonchev–Trinajstić information content (AvgIpc) is 3.31. The van der Waals surface area contributed by atoms with E-state index in [1.165, 1.54) is 17.9 Å². The van der Waals surface area contributed by atoms with Crippen molar-refractivity contribution in [3.05, 3.63) is 81.1 Å². The molecule has 49 heavy (non-hydrogen) atoms. The molecule has 4 aromatic rings. The van der Waals surface area contributed by atoms with Gasteiger partial charge < -0.3 is 35.1 Å². The molecule has 3 atom stereocenters. The zero-order chi connectivity index (χ0) is 34.8. The second-order valence-corrected chi connectivity index (χ2v) is 13.4. The molecule has 0 fully saturated rings. The first-order valence-electron chi connectivity index (χ1n) is 17.1. The van der Waals surface area contributed by atoms with Crippen LogP contribution < -0.4 is 35.6 Å². The highest BCUT2D eigenvalue weighted by Gasteiger charge is 2.31. The molecule has 6 rings (SSSR count). The minimum atomic E-state index is -0.651. The number of ether oxygens (including phenoxy) is 3. The Balaban J connectivity index is 1.39. The molecule has 258 valence electrons. The topological polar surface area (TPSA) is 131 Å². The van der Waals surface area contributed by atoms with E-state index >= 15 is 0 Å². The van der Waals surface area contributed by atoms with Gasteiger partial charge in [0.2, 0.25) is 23.0 Å². The van der Waals surface area contributed by atoms with Crippen LogP contribution in [0.5, 0.6) is 17.2 Å². The van der Waals surface area contributed by atoms with Gasteiger partial charge in [0, 0.05) is 29.1 Å². The van der Waals surface area contributed by atoms with Gasteiger partial charge in [-0.15, -0.1) is 0 Å². The van der Waals surface area contributed by atoms with Gasteiger partial charge >= 0.3 is 0 Å². The van der Waals surface area contributed by atoms with E-state index in [1.54, 1.807) is 33.5 Å². The number of H-pyrrole nitrogens is 1. The quantitative estimate of drug-likeness (QED) is 0.155. The fourth-order valence-electron chi connectivity index (χ4n) is 7.55. The van der Waals surface area contributed by atoms with Crippen molar-refractivity contribution in [2.45, 2.75) is 77.4 Å². The van der Waals surface area contributed by atoms with Crippen LogP contribution in [0.1, 0.15) is 80.9 Å². The molecule has 0 spiro atoms. The van der Waals surface area contributed by atoms with Gasteiger partial charge in [0.05, 0.1) is 39.1 Å². The molecule has 1 heterocycles. The molecule has 0 unspecified atom stereocenters. The maximum Gasteiger partial charge on any atom is 0.243 e. The van der Waals surface area contributed by atoms with Crippen LogP contribution in [-0.4, -0.2) is 44.2 Å². The van der Waals surface area contributed by atoms with Crippen molar-refractivity contribution in [1.29, 1.82) is 0 Å². The lowest BCUT2D eigenvalue weighted by atomic mass is 9.91. The zero-order valence-corrected chi connectivity index (χ0v) is 29.1. The minimum Gasteiger partial charge on any atom is -0.493 e. The predicted molar refractivity (Wildman–Crippen MR) is 192 cm³/mol.